The highest BCUT2D eigenvalue weighted by Gasteiger charge is 2.39. The zero-order valence-electron chi connectivity index (χ0n) is 22.9. The summed E-state index contributed by atoms with van der Waals surface area (Å²) in [5, 5.41) is 9.71. The maximum Gasteiger partial charge on any atom is 0.333 e. The minimum atomic E-state index is -1.62. The van der Waals surface area contributed by atoms with Crippen LogP contribution in [-0.2, 0) is 26.4 Å². The van der Waals surface area contributed by atoms with Crippen molar-refractivity contribution in [3.63, 3.8) is 0 Å². The summed E-state index contributed by atoms with van der Waals surface area (Å²) < 4.78 is 19.5. The summed E-state index contributed by atoms with van der Waals surface area (Å²) in [6.07, 6.45) is 2.32. The molecule has 0 radical (unpaired) electrons. The first-order chi connectivity index (χ1) is 18.4. The number of esters is 1. The van der Waals surface area contributed by atoms with E-state index in [1.807, 2.05) is 30.3 Å². The number of aliphatic hydroxyl groups excluding tert-OH is 1. The second kappa shape index (κ2) is 10.9. The molecule has 208 valence electrons. The van der Waals surface area contributed by atoms with Gasteiger partial charge >= 0.3 is 11.7 Å². The second-order valence-corrected chi connectivity index (χ2v) is 11.7. The van der Waals surface area contributed by atoms with E-state index in [1.165, 1.54) is 42.2 Å². The number of rotatable bonds is 9. The summed E-state index contributed by atoms with van der Waals surface area (Å²) in [5.74, 6) is -0.391. The van der Waals surface area contributed by atoms with Gasteiger partial charge in [-0.25, -0.2) is 19.1 Å². The van der Waals surface area contributed by atoms with Crippen LogP contribution in [0.3, 0.4) is 0 Å². The van der Waals surface area contributed by atoms with E-state index in [2.05, 4.69) is 4.98 Å². The number of oxazole rings is 1. The van der Waals surface area contributed by atoms with E-state index in [0.29, 0.717) is 21.2 Å². The number of aromatic nitrogens is 3. The van der Waals surface area contributed by atoms with Crippen LogP contribution >= 0.6 is 11.3 Å². The van der Waals surface area contributed by atoms with Gasteiger partial charge in [-0.3, -0.25) is 9.36 Å². The molecule has 1 atom stereocenters. The van der Waals surface area contributed by atoms with Gasteiger partial charge in [0.15, 0.2) is 0 Å². The first-order valence-corrected chi connectivity index (χ1v) is 13.4. The van der Waals surface area contributed by atoms with Crippen LogP contribution in [0.5, 0.6) is 0 Å². The monoisotopic (exact) mass is 555 g/mol. The zero-order chi connectivity index (χ0) is 28.5. The van der Waals surface area contributed by atoms with Gasteiger partial charge in [0.2, 0.25) is 5.89 Å². The van der Waals surface area contributed by atoms with Crippen LogP contribution in [0.1, 0.15) is 51.8 Å². The molecule has 11 heteroatoms. The van der Waals surface area contributed by atoms with Gasteiger partial charge in [0, 0.05) is 0 Å². The predicted molar refractivity (Wildman–Crippen MR) is 148 cm³/mol. The van der Waals surface area contributed by atoms with E-state index in [-0.39, 0.29) is 25.1 Å². The number of hydrogen-bond acceptors (Lipinski definition) is 9. The Balaban J connectivity index is 2.00. The Morgan fingerprint density at radius 1 is 1.15 bits per heavy atom. The molecule has 0 fully saturated rings. The van der Waals surface area contributed by atoms with Crippen molar-refractivity contribution in [1.29, 1.82) is 0 Å². The SMILES string of the molecule is Cc1c(-c2ncco2)sc2c1c(=O)n(C(C)(C)C(=O)OC(C)(C)C)c(=O)n2C[C@H](OCCO)c1ccccc1. The molecule has 0 aliphatic carbocycles. The number of benzene rings is 1. The fourth-order valence-electron chi connectivity index (χ4n) is 4.32. The summed E-state index contributed by atoms with van der Waals surface area (Å²) >= 11 is 1.21. The molecule has 0 aliphatic heterocycles. The number of ether oxygens (including phenoxy) is 2. The lowest BCUT2D eigenvalue weighted by molar-refractivity contribution is -0.164. The van der Waals surface area contributed by atoms with E-state index in [1.54, 1.807) is 27.7 Å². The normalized spacial score (nSPS) is 13.1. The topological polar surface area (TPSA) is 126 Å². The lowest BCUT2D eigenvalue weighted by Gasteiger charge is -2.30. The minimum Gasteiger partial charge on any atom is -0.458 e. The molecule has 0 unspecified atom stereocenters. The van der Waals surface area contributed by atoms with Gasteiger partial charge < -0.3 is 19.0 Å². The van der Waals surface area contributed by atoms with Crippen LogP contribution in [0.2, 0.25) is 0 Å². The third-order valence-corrected chi connectivity index (χ3v) is 7.53. The number of carbonyl (C=O) groups is 1. The van der Waals surface area contributed by atoms with Gasteiger partial charge in [-0.1, -0.05) is 30.3 Å². The van der Waals surface area contributed by atoms with Crippen molar-refractivity contribution in [2.24, 2.45) is 0 Å². The van der Waals surface area contributed by atoms with Crippen molar-refractivity contribution < 1.29 is 23.8 Å². The summed E-state index contributed by atoms with van der Waals surface area (Å²) in [7, 11) is 0. The van der Waals surface area contributed by atoms with Crippen molar-refractivity contribution in [1.82, 2.24) is 14.1 Å². The molecule has 0 amide bonds. The highest BCUT2D eigenvalue weighted by atomic mass is 32.1. The average molecular weight is 556 g/mol. The largest absolute Gasteiger partial charge is 0.458 e. The van der Waals surface area contributed by atoms with Crippen LogP contribution in [0, 0.1) is 6.92 Å². The highest BCUT2D eigenvalue weighted by molar-refractivity contribution is 7.22. The molecule has 4 aromatic rings. The molecule has 39 heavy (non-hydrogen) atoms. The number of fused-ring (bicyclic) bond motifs is 1. The Labute approximate surface area is 229 Å². The Morgan fingerprint density at radius 2 is 1.85 bits per heavy atom. The van der Waals surface area contributed by atoms with Crippen molar-refractivity contribution >= 4 is 27.5 Å². The average Bonchev–Trinajstić information content (AvgIpc) is 3.51. The third-order valence-electron chi connectivity index (χ3n) is 6.23. The molecule has 0 saturated carbocycles. The van der Waals surface area contributed by atoms with Crippen LogP contribution in [-0.4, -0.2) is 44.0 Å². The van der Waals surface area contributed by atoms with E-state index in [0.717, 1.165) is 10.1 Å². The molecule has 1 N–H and O–H groups in total. The lowest BCUT2D eigenvalue weighted by Crippen LogP contribution is -2.54. The smallest absolute Gasteiger partial charge is 0.333 e. The lowest BCUT2D eigenvalue weighted by atomic mass is 10.0. The minimum absolute atomic E-state index is 0.0228. The molecule has 3 aromatic heterocycles. The molecule has 0 saturated heterocycles. The zero-order valence-corrected chi connectivity index (χ0v) is 23.7. The number of aryl methyl sites for hydroxylation is 1. The highest BCUT2D eigenvalue weighted by Crippen LogP contribution is 2.36. The van der Waals surface area contributed by atoms with Gasteiger partial charge in [0.1, 0.15) is 28.3 Å². The van der Waals surface area contributed by atoms with Gasteiger partial charge in [-0.2, -0.15) is 0 Å². The van der Waals surface area contributed by atoms with Crippen LogP contribution in [0.4, 0.5) is 0 Å². The van der Waals surface area contributed by atoms with Crippen molar-refractivity contribution in [2.45, 2.75) is 65.3 Å². The Morgan fingerprint density at radius 3 is 2.44 bits per heavy atom. The fourth-order valence-corrected chi connectivity index (χ4v) is 5.56. The van der Waals surface area contributed by atoms with E-state index < -0.39 is 34.5 Å². The molecule has 10 nitrogen and oxygen atoms in total. The van der Waals surface area contributed by atoms with Crippen molar-refractivity contribution in [3.05, 3.63) is 74.8 Å². The molecular formula is C28H33N3O7S. The van der Waals surface area contributed by atoms with Crippen LogP contribution in [0.15, 0.2) is 56.8 Å². The second-order valence-electron chi connectivity index (χ2n) is 10.7. The molecule has 0 spiro atoms. The summed E-state index contributed by atoms with van der Waals surface area (Å²) in [5.41, 5.74) is -2.37. The molecular weight excluding hydrogens is 522 g/mol. The fraction of sp³-hybridized carbons (Fsp3) is 0.429. The van der Waals surface area contributed by atoms with E-state index >= 15 is 0 Å². The Bertz CT molecular complexity index is 1580. The molecule has 0 bridgehead atoms. The summed E-state index contributed by atoms with van der Waals surface area (Å²) in [6, 6.07) is 9.30. The number of hydrogen-bond donors (Lipinski definition) is 1. The molecule has 0 aliphatic rings. The van der Waals surface area contributed by atoms with Gasteiger partial charge in [-0.05, 0) is 52.7 Å². The number of thiophene rings is 1. The molecule has 3 heterocycles. The standard InChI is InChI=1S/C28H33N3O7S/c1-17-20-23(33)31(28(5,6)25(34)38-27(2,3)4)26(35)30(24(20)39-21(17)22-29-12-14-37-22)16-19(36-15-13-32)18-10-8-7-9-11-18/h7-12,14,19,32H,13,15-16H2,1-6H3/t19-/m0/s1. The summed E-state index contributed by atoms with van der Waals surface area (Å²) in [4.78, 5) is 46.7. The maximum atomic E-state index is 14.1. The Hall–Kier alpha value is -3.54. The number of carbonyl (C=O) groups excluding carboxylic acids is 1. The third kappa shape index (κ3) is 5.61. The first kappa shape index (κ1) is 28.5. The molecule has 4 rings (SSSR count). The van der Waals surface area contributed by atoms with Crippen molar-refractivity contribution in [2.75, 3.05) is 13.2 Å². The van der Waals surface area contributed by atoms with Crippen LogP contribution in [0.25, 0.3) is 21.0 Å². The van der Waals surface area contributed by atoms with Gasteiger partial charge in [0.25, 0.3) is 5.56 Å². The summed E-state index contributed by atoms with van der Waals surface area (Å²) in [6.45, 7) is 9.78. The number of nitrogens with zero attached hydrogens (tertiary/aromatic N) is 3. The number of aliphatic hydroxyl groups is 1. The van der Waals surface area contributed by atoms with Gasteiger partial charge in [-0.15, -0.1) is 11.3 Å². The Kier molecular flexibility index (Phi) is 7.97. The first-order valence-electron chi connectivity index (χ1n) is 12.6. The molecule has 1 aromatic carbocycles. The van der Waals surface area contributed by atoms with Crippen molar-refractivity contribution in [3.8, 4) is 10.8 Å². The van der Waals surface area contributed by atoms with E-state index in [9.17, 15) is 19.5 Å². The predicted octanol–water partition coefficient (Wildman–Crippen LogP) is 4.02. The maximum absolute atomic E-state index is 14.1. The van der Waals surface area contributed by atoms with Crippen LogP contribution < -0.4 is 11.2 Å². The quantitative estimate of drug-likeness (QED) is 0.307. The van der Waals surface area contributed by atoms with Gasteiger partial charge in [0.05, 0.1) is 36.2 Å². The van der Waals surface area contributed by atoms with E-state index in [4.69, 9.17) is 13.9 Å².